The summed E-state index contributed by atoms with van der Waals surface area (Å²) in [6.45, 7) is 3.73. The van der Waals surface area contributed by atoms with Crippen molar-refractivity contribution < 1.29 is 39.8 Å². The van der Waals surface area contributed by atoms with Gasteiger partial charge in [0.2, 0.25) is 5.91 Å². The second kappa shape index (κ2) is 53.5. The summed E-state index contributed by atoms with van der Waals surface area (Å²) >= 11 is 0. The second-order valence-electron chi connectivity index (χ2n) is 21.8. The zero-order valence-corrected chi connectivity index (χ0v) is 47.6. The number of carbonyl (C=O) groups excluding carboxylic acids is 1. The Morgan fingerprint density at radius 2 is 0.849 bits per heavy atom. The standard InChI is InChI=1S/C64H119NO8/c1-3-5-7-9-11-13-15-16-17-18-19-20-21-22-23-24-25-26-27-28-29-30-31-32-33-34-35-36-37-38-39-40-41-42-44-46-48-50-52-54-60(68)65-57(56-72-64-63(71)62(70)61(69)59(55-66)73-64)58(67)53-51-49-47-45-43-14-12-10-8-6-4-2/h5,7,11,13,16-17,19-20,57-59,61-64,66-67,69-71H,3-4,6,8-10,12,14-15,18,21-56H2,1-2H3,(H,65,68)/b7-5-,13-11-,17-16-,20-19-. The molecular formula is C64H119NO8. The van der Waals surface area contributed by atoms with Crippen LogP contribution in [0.3, 0.4) is 0 Å². The minimum atomic E-state index is -1.55. The average molecular weight is 1030 g/mol. The lowest BCUT2D eigenvalue weighted by atomic mass is 9.99. The number of hydrogen-bond acceptors (Lipinski definition) is 8. The van der Waals surface area contributed by atoms with Crippen molar-refractivity contribution in [1.29, 1.82) is 0 Å². The first-order valence-corrected chi connectivity index (χ1v) is 31.3. The topological polar surface area (TPSA) is 149 Å². The maximum Gasteiger partial charge on any atom is 0.220 e. The maximum absolute atomic E-state index is 13.0. The number of carbonyl (C=O) groups is 1. The fourth-order valence-electron chi connectivity index (χ4n) is 10.0. The van der Waals surface area contributed by atoms with Gasteiger partial charge >= 0.3 is 0 Å². The number of aliphatic hydroxyl groups excluding tert-OH is 5. The van der Waals surface area contributed by atoms with Crippen LogP contribution in [0.25, 0.3) is 0 Å². The number of hydrogen-bond donors (Lipinski definition) is 6. The molecule has 9 heteroatoms. The molecule has 0 radical (unpaired) electrons. The highest BCUT2D eigenvalue weighted by Crippen LogP contribution is 2.23. The third-order valence-electron chi connectivity index (χ3n) is 14.9. The molecule has 0 aromatic carbocycles. The van der Waals surface area contributed by atoms with E-state index in [9.17, 15) is 30.3 Å². The van der Waals surface area contributed by atoms with Crippen molar-refractivity contribution in [3.63, 3.8) is 0 Å². The van der Waals surface area contributed by atoms with Gasteiger partial charge in [-0.25, -0.2) is 0 Å². The fourth-order valence-corrected chi connectivity index (χ4v) is 10.0. The minimum Gasteiger partial charge on any atom is -0.394 e. The van der Waals surface area contributed by atoms with E-state index in [4.69, 9.17) is 9.47 Å². The van der Waals surface area contributed by atoms with Crippen LogP contribution in [0, 0.1) is 0 Å². The highest BCUT2D eigenvalue weighted by molar-refractivity contribution is 5.76. The third-order valence-corrected chi connectivity index (χ3v) is 14.9. The highest BCUT2D eigenvalue weighted by atomic mass is 16.7. The summed E-state index contributed by atoms with van der Waals surface area (Å²) in [4.78, 5) is 13.0. The van der Waals surface area contributed by atoms with E-state index in [1.54, 1.807) is 0 Å². The van der Waals surface area contributed by atoms with Gasteiger partial charge in [0, 0.05) is 6.42 Å². The summed E-state index contributed by atoms with van der Waals surface area (Å²) < 4.78 is 11.3. The molecule has 1 aliphatic rings. The molecule has 7 unspecified atom stereocenters. The molecule has 0 spiro atoms. The number of amides is 1. The molecule has 73 heavy (non-hydrogen) atoms. The molecule has 1 aliphatic heterocycles. The van der Waals surface area contributed by atoms with E-state index in [0.29, 0.717) is 12.8 Å². The van der Waals surface area contributed by atoms with Gasteiger partial charge in [-0.2, -0.15) is 0 Å². The van der Waals surface area contributed by atoms with Crippen LogP contribution in [-0.2, 0) is 14.3 Å². The summed E-state index contributed by atoms with van der Waals surface area (Å²) in [6, 6.07) is -0.715. The summed E-state index contributed by atoms with van der Waals surface area (Å²) in [7, 11) is 0. The number of ether oxygens (including phenoxy) is 2. The van der Waals surface area contributed by atoms with Gasteiger partial charge in [-0.1, -0.05) is 287 Å². The molecule has 1 fully saturated rings. The van der Waals surface area contributed by atoms with Crippen molar-refractivity contribution >= 4 is 5.91 Å². The summed E-state index contributed by atoms with van der Waals surface area (Å²) in [5.41, 5.74) is 0. The first-order chi connectivity index (χ1) is 35.8. The average Bonchev–Trinajstić information content (AvgIpc) is 3.39. The molecule has 1 rings (SSSR count). The van der Waals surface area contributed by atoms with Crippen molar-refractivity contribution in [1.82, 2.24) is 5.32 Å². The number of aliphatic hydroxyl groups is 5. The van der Waals surface area contributed by atoms with E-state index in [1.165, 1.54) is 205 Å². The number of unbranched alkanes of at least 4 members (excludes halogenated alkanes) is 36. The van der Waals surface area contributed by atoms with Crippen molar-refractivity contribution in [2.45, 2.75) is 339 Å². The van der Waals surface area contributed by atoms with Gasteiger partial charge in [-0.05, 0) is 51.4 Å². The zero-order valence-electron chi connectivity index (χ0n) is 47.6. The van der Waals surface area contributed by atoms with Crippen LogP contribution in [0.4, 0.5) is 0 Å². The Hall–Kier alpha value is -1.85. The number of nitrogens with one attached hydrogen (secondary N) is 1. The van der Waals surface area contributed by atoms with Gasteiger partial charge in [-0.15, -0.1) is 0 Å². The lowest BCUT2D eigenvalue weighted by Gasteiger charge is -2.40. The van der Waals surface area contributed by atoms with Gasteiger partial charge in [0.1, 0.15) is 24.4 Å². The zero-order chi connectivity index (χ0) is 52.9. The number of allylic oxidation sites excluding steroid dienone is 8. The molecule has 0 bridgehead atoms. The lowest BCUT2D eigenvalue weighted by molar-refractivity contribution is -0.302. The van der Waals surface area contributed by atoms with E-state index in [-0.39, 0.29) is 12.5 Å². The van der Waals surface area contributed by atoms with E-state index < -0.39 is 49.5 Å². The summed E-state index contributed by atoms with van der Waals surface area (Å²) in [5, 5.41) is 54.5. The van der Waals surface area contributed by atoms with Gasteiger partial charge in [0.05, 0.1) is 25.4 Å². The van der Waals surface area contributed by atoms with Crippen molar-refractivity contribution in [3.8, 4) is 0 Å². The Bertz CT molecular complexity index is 1290. The Labute approximate surface area is 450 Å². The molecule has 1 amide bonds. The van der Waals surface area contributed by atoms with Crippen LogP contribution in [0.15, 0.2) is 48.6 Å². The fraction of sp³-hybridized carbons (Fsp3) is 0.859. The Morgan fingerprint density at radius 1 is 0.479 bits per heavy atom. The van der Waals surface area contributed by atoms with Gasteiger partial charge in [0.15, 0.2) is 6.29 Å². The lowest BCUT2D eigenvalue weighted by Crippen LogP contribution is -2.60. The van der Waals surface area contributed by atoms with E-state index in [0.717, 1.165) is 64.2 Å². The normalized spacial score (nSPS) is 19.4. The molecule has 1 heterocycles. The molecule has 9 nitrogen and oxygen atoms in total. The molecule has 6 N–H and O–H groups in total. The quantitative estimate of drug-likeness (QED) is 0.0261. The predicted molar refractivity (Wildman–Crippen MR) is 309 cm³/mol. The van der Waals surface area contributed by atoms with E-state index in [2.05, 4.69) is 67.8 Å². The first-order valence-electron chi connectivity index (χ1n) is 31.3. The van der Waals surface area contributed by atoms with Crippen molar-refractivity contribution in [3.05, 3.63) is 48.6 Å². The molecule has 0 saturated carbocycles. The van der Waals surface area contributed by atoms with Crippen LogP contribution < -0.4 is 5.32 Å². The van der Waals surface area contributed by atoms with Gasteiger partial charge < -0.3 is 40.3 Å². The number of rotatable bonds is 54. The summed E-state index contributed by atoms with van der Waals surface area (Å²) in [6.07, 6.45) is 64.7. The largest absolute Gasteiger partial charge is 0.394 e. The Kier molecular flexibility index (Phi) is 50.7. The molecule has 0 aliphatic carbocycles. The van der Waals surface area contributed by atoms with Crippen LogP contribution in [-0.4, -0.2) is 87.5 Å². The molecule has 0 aromatic heterocycles. The molecule has 1 saturated heterocycles. The van der Waals surface area contributed by atoms with Crippen LogP contribution in [0.5, 0.6) is 0 Å². The maximum atomic E-state index is 13.0. The van der Waals surface area contributed by atoms with Crippen molar-refractivity contribution in [2.75, 3.05) is 13.2 Å². The first kappa shape index (κ1) is 69.2. The smallest absolute Gasteiger partial charge is 0.220 e. The SMILES string of the molecule is CC/C=C\C/C=C\C/C=C\C/C=C\CCCCCCCCCCCCCCCCCCCCCCCCCCCCC(=O)NC(COC1OC(CO)C(O)C(O)C1O)C(O)CCCCCCCCCCCCC. The highest BCUT2D eigenvalue weighted by Gasteiger charge is 2.44. The third kappa shape index (κ3) is 42.9. The predicted octanol–water partition coefficient (Wildman–Crippen LogP) is 16.1. The van der Waals surface area contributed by atoms with Crippen LogP contribution in [0.1, 0.15) is 296 Å². The summed E-state index contributed by atoms with van der Waals surface area (Å²) in [5.74, 6) is -0.140. The van der Waals surface area contributed by atoms with Gasteiger partial charge in [-0.3, -0.25) is 4.79 Å². The van der Waals surface area contributed by atoms with Crippen molar-refractivity contribution in [2.24, 2.45) is 0 Å². The second-order valence-corrected chi connectivity index (χ2v) is 21.8. The Balaban J connectivity index is 2.00. The molecule has 7 atom stereocenters. The molecular weight excluding hydrogens is 911 g/mol. The Morgan fingerprint density at radius 3 is 1.26 bits per heavy atom. The van der Waals surface area contributed by atoms with Gasteiger partial charge in [0.25, 0.3) is 0 Å². The molecule has 428 valence electrons. The van der Waals surface area contributed by atoms with Crippen LogP contribution in [0.2, 0.25) is 0 Å². The van der Waals surface area contributed by atoms with Crippen LogP contribution >= 0.6 is 0 Å². The van der Waals surface area contributed by atoms with E-state index >= 15 is 0 Å². The van der Waals surface area contributed by atoms with E-state index in [1.807, 2.05) is 0 Å². The molecule has 0 aromatic rings. The minimum absolute atomic E-state index is 0.134. The monoisotopic (exact) mass is 1030 g/mol.